The fourth-order valence-electron chi connectivity index (χ4n) is 2.41. The molecule has 0 fully saturated rings. The second kappa shape index (κ2) is 8.87. The number of hydrogen-bond acceptors (Lipinski definition) is 3. The highest BCUT2D eigenvalue weighted by molar-refractivity contribution is 7.80. The zero-order valence-corrected chi connectivity index (χ0v) is 15.6. The van der Waals surface area contributed by atoms with Crippen molar-refractivity contribution in [1.82, 2.24) is 10.2 Å². The largest absolute Gasteiger partial charge is 0.496 e. The van der Waals surface area contributed by atoms with E-state index in [4.69, 9.17) is 28.6 Å². The Morgan fingerprint density at radius 2 is 1.83 bits per heavy atom. The van der Waals surface area contributed by atoms with E-state index in [1.54, 1.807) is 7.11 Å². The quantitative estimate of drug-likeness (QED) is 0.760. The van der Waals surface area contributed by atoms with Crippen LogP contribution in [0.5, 0.6) is 5.75 Å². The molecule has 6 heteroatoms. The summed E-state index contributed by atoms with van der Waals surface area (Å²) in [5, 5.41) is 7.69. The highest BCUT2D eigenvalue weighted by atomic mass is 35.5. The number of nitrogens with zero attached hydrogens (tertiary/aromatic N) is 1. The first-order chi connectivity index (χ1) is 11.5. The van der Waals surface area contributed by atoms with Gasteiger partial charge in [-0.05, 0) is 56.6 Å². The standard InChI is InChI=1S/C18H22ClN3OS/c1-22(2)16(15-6-4-5-7-17(15)23-3)12-20-18(24)21-14-10-8-13(19)9-11-14/h4-11,16H,12H2,1-3H3,(H2,20,21,24). The Bertz CT molecular complexity index is 676. The molecule has 0 amide bonds. The molecule has 0 saturated heterocycles. The summed E-state index contributed by atoms with van der Waals surface area (Å²) in [5.41, 5.74) is 2.02. The van der Waals surface area contributed by atoms with Crippen molar-refractivity contribution in [2.45, 2.75) is 6.04 Å². The minimum Gasteiger partial charge on any atom is -0.496 e. The average Bonchev–Trinajstić information content (AvgIpc) is 2.57. The van der Waals surface area contributed by atoms with Gasteiger partial charge in [0.25, 0.3) is 0 Å². The lowest BCUT2D eigenvalue weighted by atomic mass is 10.0. The summed E-state index contributed by atoms with van der Waals surface area (Å²) in [5.74, 6) is 0.870. The van der Waals surface area contributed by atoms with E-state index >= 15 is 0 Å². The van der Waals surface area contributed by atoms with Crippen LogP contribution in [0, 0.1) is 0 Å². The minimum absolute atomic E-state index is 0.131. The van der Waals surface area contributed by atoms with E-state index in [1.807, 2.05) is 56.6 Å². The number of para-hydroxylation sites is 1. The van der Waals surface area contributed by atoms with Crippen LogP contribution in [0.4, 0.5) is 5.69 Å². The summed E-state index contributed by atoms with van der Waals surface area (Å²) >= 11 is 11.3. The SMILES string of the molecule is COc1ccccc1C(CNC(=S)Nc1ccc(Cl)cc1)N(C)C. The van der Waals surface area contributed by atoms with Crippen LogP contribution < -0.4 is 15.4 Å². The topological polar surface area (TPSA) is 36.5 Å². The molecule has 4 nitrogen and oxygen atoms in total. The van der Waals surface area contributed by atoms with Gasteiger partial charge in [0.2, 0.25) is 0 Å². The van der Waals surface area contributed by atoms with E-state index in [2.05, 4.69) is 21.6 Å². The van der Waals surface area contributed by atoms with Crippen molar-refractivity contribution in [2.24, 2.45) is 0 Å². The first-order valence-corrected chi connectivity index (χ1v) is 8.39. The lowest BCUT2D eigenvalue weighted by Gasteiger charge is -2.27. The van der Waals surface area contributed by atoms with Crippen LogP contribution in [0.25, 0.3) is 0 Å². The lowest BCUT2D eigenvalue weighted by molar-refractivity contribution is 0.288. The van der Waals surface area contributed by atoms with Gasteiger partial charge >= 0.3 is 0 Å². The number of thiocarbonyl (C=S) groups is 1. The van der Waals surface area contributed by atoms with Gasteiger partial charge in [0.05, 0.1) is 13.2 Å². The van der Waals surface area contributed by atoms with Crippen molar-refractivity contribution in [2.75, 3.05) is 33.1 Å². The highest BCUT2D eigenvalue weighted by Gasteiger charge is 2.18. The Labute approximate surface area is 153 Å². The lowest BCUT2D eigenvalue weighted by Crippen LogP contribution is -2.36. The number of hydrogen-bond donors (Lipinski definition) is 2. The molecule has 24 heavy (non-hydrogen) atoms. The third-order valence-electron chi connectivity index (χ3n) is 3.68. The van der Waals surface area contributed by atoms with Gasteiger partial charge in [-0.15, -0.1) is 0 Å². The Kier molecular flexibility index (Phi) is 6.85. The minimum atomic E-state index is 0.131. The Hall–Kier alpha value is -1.82. The number of nitrogens with one attached hydrogen (secondary N) is 2. The number of anilines is 1. The fourth-order valence-corrected chi connectivity index (χ4v) is 2.74. The van der Waals surface area contributed by atoms with Gasteiger partial charge in [-0.1, -0.05) is 29.8 Å². The van der Waals surface area contributed by atoms with Crippen molar-refractivity contribution >= 4 is 34.6 Å². The zero-order valence-electron chi connectivity index (χ0n) is 14.0. The average molecular weight is 364 g/mol. The highest BCUT2D eigenvalue weighted by Crippen LogP contribution is 2.27. The van der Waals surface area contributed by atoms with Gasteiger partial charge < -0.3 is 20.3 Å². The molecule has 2 aromatic carbocycles. The summed E-state index contributed by atoms with van der Waals surface area (Å²) in [4.78, 5) is 2.13. The maximum Gasteiger partial charge on any atom is 0.170 e. The second-order valence-corrected chi connectivity index (χ2v) is 6.41. The van der Waals surface area contributed by atoms with Gasteiger partial charge in [-0.3, -0.25) is 0 Å². The number of methoxy groups -OCH3 is 1. The van der Waals surface area contributed by atoms with Gasteiger partial charge in [0.15, 0.2) is 5.11 Å². The summed E-state index contributed by atoms with van der Waals surface area (Å²) < 4.78 is 5.47. The molecular formula is C18H22ClN3OS. The Morgan fingerprint density at radius 3 is 2.46 bits per heavy atom. The molecule has 2 rings (SSSR count). The molecule has 1 unspecified atom stereocenters. The van der Waals surface area contributed by atoms with Gasteiger partial charge in [-0.2, -0.15) is 0 Å². The Balaban J connectivity index is 2.01. The number of benzene rings is 2. The number of likely N-dealkylation sites (N-methyl/N-ethyl adjacent to an activating group) is 1. The van der Waals surface area contributed by atoms with Crippen molar-refractivity contribution < 1.29 is 4.74 Å². The molecule has 2 aromatic rings. The fraction of sp³-hybridized carbons (Fsp3) is 0.278. The number of halogens is 1. The third-order valence-corrected chi connectivity index (χ3v) is 4.18. The van der Waals surface area contributed by atoms with Crippen molar-refractivity contribution in [3.63, 3.8) is 0 Å². The predicted octanol–water partition coefficient (Wildman–Crippen LogP) is 3.94. The van der Waals surface area contributed by atoms with E-state index in [-0.39, 0.29) is 6.04 Å². The van der Waals surface area contributed by atoms with E-state index < -0.39 is 0 Å². The first kappa shape index (κ1) is 18.5. The molecule has 1 atom stereocenters. The molecule has 0 aromatic heterocycles. The normalized spacial score (nSPS) is 11.9. The van der Waals surface area contributed by atoms with Crippen LogP contribution in [-0.4, -0.2) is 37.8 Å². The van der Waals surface area contributed by atoms with Gasteiger partial charge in [0.1, 0.15) is 5.75 Å². The van der Waals surface area contributed by atoms with E-state index in [0.29, 0.717) is 16.7 Å². The van der Waals surface area contributed by atoms with Crippen LogP contribution in [0.3, 0.4) is 0 Å². The number of ether oxygens (including phenoxy) is 1. The number of rotatable bonds is 6. The monoisotopic (exact) mass is 363 g/mol. The third kappa shape index (κ3) is 5.09. The van der Waals surface area contributed by atoms with Crippen LogP contribution >= 0.6 is 23.8 Å². The van der Waals surface area contributed by atoms with Crippen molar-refractivity contribution in [1.29, 1.82) is 0 Å². The van der Waals surface area contributed by atoms with Crippen LogP contribution in [0.15, 0.2) is 48.5 Å². The van der Waals surface area contributed by atoms with Gasteiger partial charge in [0, 0.05) is 22.8 Å². The van der Waals surface area contributed by atoms with E-state index in [9.17, 15) is 0 Å². The smallest absolute Gasteiger partial charge is 0.170 e. The summed E-state index contributed by atoms with van der Waals surface area (Å²) in [7, 11) is 5.76. The van der Waals surface area contributed by atoms with Crippen LogP contribution in [0.1, 0.15) is 11.6 Å². The molecule has 0 heterocycles. The Morgan fingerprint density at radius 1 is 1.17 bits per heavy atom. The molecular weight excluding hydrogens is 342 g/mol. The van der Waals surface area contributed by atoms with Crippen molar-refractivity contribution in [3.8, 4) is 5.75 Å². The van der Waals surface area contributed by atoms with Crippen LogP contribution in [-0.2, 0) is 0 Å². The van der Waals surface area contributed by atoms with Gasteiger partial charge in [-0.25, -0.2) is 0 Å². The predicted molar refractivity (Wildman–Crippen MR) is 105 cm³/mol. The zero-order chi connectivity index (χ0) is 17.5. The molecule has 0 spiro atoms. The molecule has 0 bridgehead atoms. The first-order valence-electron chi connectivity index (χ1n) is 7.61. The van der Waals surface area contributed by atoms with Crippen molar-refractivity contribution in [3.05, 3.63) is 59.1 Å². The summed E-state index contributed by atoms with van der Waals surface area (Å²) in [6.07, 6.45) is 0. The molecule has 0 aliphatic heterocycles. The molecule has 0 aliphatic carbocycles. The molecule has 0 saturated carbocycles. The molecule has 0 radical (unpaired) electrons. The van der Waals surface area contributed by atoms with E-state index in [0.717, 1.165) is 17.0 Å². The molecule has 128 valence electrons. The maximum absolute atomic E-state index is 5.89. The molecule has 0 aliphatic rings. The maximum atomic E-state index is 5.89. The molecule has 2 N–H and O–H groups in total. The van der Waals surface area contributed by atoms with E-state index in [1.165, 1.54) is 0 Å². The van der Waals surface area contributed by atoms with Crippen LogP contribution in [0.2, 0.25) is 5.02 Å². The summed E-state index contributed by atoms with van der Waals surface area (Å²) in [6.45, 7) is 0.660. The second-order valence-electron chi connectivity index (χ2n) is 5.56. The summed E-state index contributed by atoms with van der Waals surface area (Å²) in [6, 6.07) is 15.6.